The lowest BCUT2D eigenvalue weighted by Gasteiger charge is -2.36. The molecule has 0 fully saturated rings. The third-order valence-corrected chi connectivity index (χ3v) is 4.96. The lowest BCUT2D eigenvalue weighted by Crippen LogP contribution is -2.49. The van der Waals surface area contributed by atoms with Crippen LogP contribution in [0.2, 0.25) is 0 Å². The van der Waals surface area contributed by atoms with Gasteiger partial charge in [0.1, 0.15) is 11.9 Å². The Balaban J connectivity index is 2.14. The highest BCUT2D eigenvalue weighted by atomic mass is 35.5. The summed E-state index contributed by atoms with van der Waals surface area (Å²) in [4.78, 5) is 23.5. The Bertz CT molecular complexity index is 782. The number of carbonyl (C=O) groups excluding carboxylic acids is 2. The second kappa shape index (κ2) is 9.43. The molecular weight excluding hydrogens is 425 g/mol. The molecule has 0 bridgehead atoms. The van der Waals surface area contributed by atoms with Gasteiger partial charge in [-0.3, -0.25) is 4.79 Å². The fourth-order valence-electron chi connectivity index (χ4n) is 3.23. The van der Waals surface area contributed by atoms with Crippen LogP contribution in [0.5, 0.6) is 0 Å². The third kappa shape index (κ3) is 5.78. The molecule has 0 spiro atoms. The van der Waals surface area contributed by atoms with E-state index >= 15 is 0 Å². The number of rotatable bonds is 8. The molecule has 0 radical (unpaired) electrons. The van der Waals surface area contributed by atoms with Crippen molar-refractivity contribution in [2.45, 2.75) is 57.9 Å². The molecule has 2 unspecified atom stereocenters. The summed E-state index contributed by atoms with van der Waals surface area (Å²) in [6.07, 6.45) is -2.73. The van der Waals surface area contributed by atoms with Crippen molar-refractivity contribution in [1.82, 2.24) is 5.32 Å². The van der Waals surface area contributed by atoms with Crippen molar-refractivity contribution in [3.8, 4) is 0 Å². The number of nitrogens with one attached hydrogen (secondary N) is 1. The lowest BCUT2D eigenvalue weighted by molar-refractivity contribution is -0.150. The van der Waals surface area contributed by atoms with Gasteiger partial charge in [-0.25, -0.2) is 4.79 Å². The summed E-state index contributed by atoms with van der Waals surface area (Å²) < 4.78 is 51.2. The normalized spacial score (nSPS) is 22.1. The monoisotopic (exact) mass is 450 g/mol. The largest absolute Gasteiger partial charge is 0.492 e. The quantitative estimate of drug-likeness (QED) is 0.436. The average Bonchev–Trinajstić information content (AvgIpc) is 2.61. The molecule has 2 rings (SSSR count). The summed E-state index contributed by atoms with van der Waals surface area (Å²) in [6, 6.07) is 0. The average molecular weight is 451 g/mol. The van der Waals surface area contributed by atoms with Gasteiger partial charge in [0.2, 0.25) is 5.91 Å². The fourth-order valence-corrected chi connectivity index (χ4v) is 3.55. The zero-order chi connectivity index (χ0) is 22.7. The fraction of sp³-hybridized carbons (Fsp3) is 0.600. The van der Waals surface area contributed by atoms with E-state index in [1.807, 2.05) is 6.92 Å². The molecule has 0 aromatic heterocycles. The topological polar surface area (TPSA) is 90.6 Å². The molecule has 0 saturated carbocycles. The van der Waals surface area contributed by atoms with Crippen molar-refractivity contribution >= 4 is 23.5 Å². The highest BCUT2D eigenvalue weighted by Gasteiger charge is 2.48. The number of fused-ring (bicyclic) bond motifs is 1. The Labute approximate surface area is 178 Å². The van der Waals surface area contributed by atoms with Crippen LogP contribution in [0.25, 0.3) is 0 Å². The van der Waals surface area contributed by atoms with Crippen LogP contribution in [0.1, 0.15) is 40.0 Å². The molecule has 1 aliphatic heterocycles. The van der Waals surface area contributed by atoms with E-state index in [2.05, 4.69) is 5.32 Å². The summed E-state index contributed by atoms with van der Waals surface area (Å²) in [5, 5.41) is 2.71. The summed E-state index contributed by atoms with van der Waals surface area (Å²) >= 11 is 6.26. The van der Waals surface area contributed by atoms with Crippen LogP contribution in [0.15, 0.2) is 34.1 Å². The molecule has 0 aromatic rings. The second-order valence-electron chi connectivity index (χ2n) is 7.78. The summed E-state index contributed by atoms with van der Waals surface area (Å²) in [5.74, 6) is -2.35. The number of ether oxygens (including phenoxy) is 2. The van der Waals surface area contributed by atoms with E-state index in [0.717, 1.165) is 0 Å². The Morgan fingerprint density at radius 3 is 2.60 bits per heavy atom. The van der Waals surface area contributed by atoms with E-state index < -0.39 is 35.3 Å². The van der Waals surface area contributed by atoms with Crippen molar-refractivity contribution in [2.75, 3.05) is 13.2 Å². The highest BCUT2D eigenvalue weighted by Crippen LogP contribution is 2.45. The van der Waals surface area contributed by atoms with Crippen LogP contribution in [0, 0.1) is 5.92 Å². The molecule has 2 aliphatic rings. The number of allylic oxidation sites excluding steroid dienone is 1. The molecule has 0 saturated heterocycles. The zero-order valence-electron chi connectivity index (χ0n) is 17.1. The van der Waals surface area contributed by atoms with Gasteiger partial charge in [-0.2, -0.15) is 13.2 Å². The predicted octanol–water partition coefficient (Wildman–Crippen LogP) is 3.47. The molecule has 6 nitrogen and oxygen atoms in total. The molecule has 168 valence electrons. The molecule has 0 aromatic carbocycles. The number of hydrogen-bond acceptors (Lipinski definition) is 5. The Kier molecular flexibility index (Phi) is 7.63. The van der Waals surface area contributed by atoms with Crippen LogP contribution in [0.3, 0.4) is 0 Å². The first-order chi connectivity index (χ1) is 13.9. The molecule has 3 N–H and O–H groups in total. The van der Waals surface area contributed by atoms with Gasteiger partial charge in [-0.15, -0.1) is 0 Å². The summed E-state index contributed by atoms with van der Waals surface area (Å²) in [7, 11) is 0. The number of nitrogens with two attached hydrogens (primary N) is 1. The molecule has 1 aliphatic carbocycles. The standard InChI is InChI=1S/C20H26ClF3N2O4/c1-4-6-11-16-12(13(20(22,23)24)10-15(27)30-16)9-14(21)17(11)29-8-5-7-26-18(28)19(2,3)25/h9-10,12,16H,4-8,25H2,1-3H3,(H,26,28). The van der Waals surface area contributed by atoms with Gasteiger partial charge in [0.15, 0.2) is 0 Å². The van der Waals surface area contributed by atoms with Crippen LogP contribution in [0.4, 0.5) is 13.2 Å². The van der Waals surface area contributed by atoms with Crippen molar-refractivity contribution in [3.63, 3.8) is 0 Å². The van der Waals surface area contributed by atoms with Gasteiger partial charge in [0.05, 0.1) is 28.7 Å². The van der Waals surface area contributed by atoms with E-state index in [4.69, 9.17) is 26.8 Å². The number of hydrogen-bond donors (Lipinski definition) is 2. The van der Waals surface area contributed by atoms with Crippen LogP contribution >= 0.6 is 11.6 Å². The minimum Gasteiger partial charge on any atom is -0.492 e. The van der Waals surface area contributed by atoms with Gasteiger partial charge in [-0.05, 0) is 26.7 Å². The lowest BCUT2D eigenvalue weighted by atomic mass is 9.81. The smallest absolute Gasteiger partial charge is 0.413 e. The second-order valence-corrected chi connectivity index (χ2v) is 8.19. The zero-order valence-corrected chi connectivity index (χ0v) is 17.8. The van der Waals surface area contributed by atoms with Crippen LogP contribution < -0.4 is 11.1 Å². The van der Waals surface area contributed by atoms with Gasteiger partial charge in [0.25, 0.3) is 0 Å². The van der Waals surface area contributed by atoms with Gasteiger partial charge < -0.3 is 20.5 Å². The van der Waals surface area contributed by atoms with Crippen molar-refractivity contribution < 1.29 is 32.2 Å². The first kappa shape index (κ1) is 24.3. The first-order valence-corrected chi connectivity index (χ1v) is 10.0. The maximum absolute atomic E-state index is 13.4. The van der Waals surface area contributed by atoms with Gasteiger partial charge >= 0.3 is 12.1 Å². The minimum absolute atomic E-state index is 0.0416. The van der Waals surface area contributed by atoms with E-state index in [0.29, 0.717) is 37.5 Å². The van der Waals surface area contributed by atoms with Crippen molar-refractivity contribution in [2.24, 2.45) is 11.7 Å². The Hall–Kier alpha value is -2.00. The van der Waals surface area contributed by atoms with E-state index in [-0.39, 0.29) is 23.3 Å². The Morgan fingerprint density at radius 2 is 2.03 bits per heavy atom. The van der Waals surface area contributed by atoms with Crippen LogP contribution in [-0.4, -0.2) is 42.8 Å². The SMILES string of the molecule is CCCC1=C(OCCCNC(=O)C(C)(C)N)C(Cl)=CC2C(C(F)(F)F)=CC(=O)OC12. The van der Waals surface area contributed by atoms with E-state index in [1.54, 1.807) is 13.8 Å². The number of carbonyl (C=O) groups is 2. The summed E-state index contributed by atoms with van der Waals surface area (Å²) in [6.45, 7) is 5.48. The minimum atomic E-state index is -4.68. The van der Waals surface area contributed by atoms with E-state index in [9.17, 15) is 22.8 Å². The number of alkyl halides is 3. The summed E-state index contributed by atoms with van der Waals surface area (Å²) in [5.41, 5.74) is 4.13. The van der Waals surface area contributed by atoms with Crippen molar-refractivity contribution in [1.29, 1.82) is 0 Å². The van der Waals surface area contributed by atoms with Crippen LogP contribution in [-0.2, 0) is 19.1 Å². The first-order valence-electron chi connectivity index (χ1n) is 9.66. The molecule has 2 atom stereocenters. The molecule has 30 heavy (non-hydrogen) atoms. The molecule has 10 heteroatoms. The maximum atomic E-state index is 13.4. The predicted molar refractivity (Wildman–Crippen MR) is 105 cm³/mol. The molecular formula is C20H26ClF3N2O4. The number of halogens is 4. The number of esters is 1. The van der Waals surface area contributed by atoms with Gasteiger partial charge in [0, 0.05) is 18.2 Å². The molecule has 1 heterocycles. The van der Waals surface area contributed by atoms with Crippen molar-refractivity contribution in [3.05, 3.63) is 34.1 Å². The van der Waals surface area contributed by atoms with Gasteiger partial charge in [-0.1, -0.05) is 31.0 Å². The maximum Gasteiger partial charge on any atom is 0.413 e. The number of amides is 1. The third-order valence-electron chi connectivity index (χ3n) is 4.66. The Morgan fingerprint density at radius 1 is 1.37 bits per heavy atom. The molecule has 1 amide bonds. The van der Waals surface area contributed by atoms with E-state index in [1.165, 1.54) is 6.08 Å². The highest BCUT2D eigenvalue weighted by molar-refractivity contribution is 6.32.